The van der Waals surface area contributed by atoms with Crippen LogP contribution in [0.1, 0.15) is 0 Å². The van der Waals surface area contributed by atoms with Crippen molar-refractivity contribution in [3.63, 3.8) is 0 Å². The fourth-order valence-corrected chi connectivity index (χ4v) is 0. The van der Waals surface area contributed by atoms with Gasteiger partial charge in [-0.15, -0.1) is 0 Å². The molecule has 0 aliphatic rings. The summed E-state index contributed by atoms with van der Waals surface area (Å²) in [6.07, 6.45) is 0. The third-order valence-electron chi connectivity index (χ3n) is 0.0516. The van der Waals surface area contributed by atoms with Gasteiger partial charge in [0.15, 0.2) is 0 Å². The molecule has 3 heteroatoms. The van der Waals surface area contributed by atoms with Gasteiger partial charge in [0.05, 0.1) is 0 Å². The van der Waals surface area contributed by atoms with Crippen LogP contribution in [0.2, 0.25) is 0 Å². The van der Waals surface area contributed by atoms with Gasteiger partial charge in [-0.3, -0.25) is 0 Å². The summed E-state index contributed by atoms with van der Waals surface area (Å²) in [5, 5.41) is 7.74. The van der Waals surface area contributed by atoms with Crippen LogP contribution in [0.25, 0.3) is 0 Å². The Morgan fingerprint density at radius 1 is 2.00 bits per heavy atom. The van der Waals surface area contributed by atoms with Crippen LogP contribution in [-0.4, -0.2) is 28.4 Å². The zero-order valence-corrected chi connectivity index (χ0v) is 5.37. The van der Waals surface area contributed by atoms with Crippen molar-refractivity contribution in [2.24, 2.45) is 0 Å². The van der Waals surface area contributed by atoms with E-state index in [4.69, 9.17) is 5.11 Å². The van der Waals surface area contributed by atoms with Gasteiger partial charge in [-0.25, -0.2) is 0 Å². The van der Waals surface area contributed by atoms with Gasteiger partial charge in [0.2, 0.25) is 0 Å². The van der Waals surface area contributed by atoms with Gasteiger partial charge in [0.1, 0.15) is 0 Å². The van der Waals surface area contributed by atoms with Crippen LogP contribution >= 0.6 is 9.86 Å². The molecule has 0 aromatic rings. The molecule has 0 aromatic heterocycles. The first-order valence-electron chi connectivity index (χ1n) is 0.716. The zero-order chi connectivity index (χ0) is 3.41. The molecule has 1 N–H and O–H groups in total. The number of aliphatic hydroxyl groups is 1. The fraction of sp³-hybridized carbons (Fsp3) is 0. The van der Waals surface area contributed by atoms with E-state index in [1.54, 1.807) is 0 Å². The Balaban J connectivity index is 2.55. The quantitative estimate of drug-likeness (QED) is 0.387. The van der Waals surface area contributed by atoms with Crippen molar-refractivity contribution in [2.75, 3.05) is 0 Å². The van der Waals surface area contributed by atoms with Crippen LogP contribution in [0.5, 0.6) is 0 Å². The summed E-state index contributed by atoms with van der Waals surface area (Å²) in [4.78, 5) is 0. The Morgan fingerprint density at radius 2 is 2.25 bits per heavy atom. The van der Waals surface area contributed by atoms with Gasteiger partial charge in [-0.1, -0.05) is 0 Å². The van der Waals surface area contributed by atoms with E-state index in [1.165, 1.54) is 0 Å². The minimum atomic E-state index is -0.522. The molecule has 0 heterocycles. The Bertz CT molecular complexity index is 23.2. The van der Waals surface area contributed by atoms with Crippen LogP contribution in [0.4, 0.5) is 0 Å². The predicted molar refractivity (Wildman–Crippen MR) is 24.1 cm³/mol. The van der Waals surface area contributed by atoms with E-state index in [0.29, 0.717) is 0 Å². The van der Waals surface area contributed by atoms with Gasteiger partial charge >= 0.3 is 38.3 Å². The second-order valence-corrected chi connectivity index (χ2v) is 3.10. The molecule has 0 saturated heterocycles. The van der Waals surface area contributed by atoms with E-state index >= 15 is 0 Å². The molecule has 0 bridgehead atoms. The molecule has 0 fully saturated rings. The van der Waals surface area contributed by atoms with Crippen molar-refractivity contribution >= 4 is 33.2 Å². The summed E-state index contributed by atoms with van der Waals surface area (Å²) in [6.45, 7) is 0. The SMILES string of the molecule is OC=[TeH]S. The minimum absolute atomic E-state index is 0.522. The van der Waals surface area contributed by atoms with Crippen molar-refractivity contribution < 1.29 is 5.11 Å². The molecule has 0 aromatic carbocycles. The molecule has 0 unspecified atom stereocenters. The molecule has 0 rings (SSSR count). The number of hydrogen-bond donors (Lipinski definition) is 2. The molecule has 26 valence electrons. The number of thiol groups is 1. The zero-order valence-electron chi connectivity index (χ0n) is 1.92. The first-order valence-corrected chi connectivity index (χ1v) is 6.02. The topological polar surface area (TPSA) is 20.2 Å². The third kappa shape index (κ3) is 2.97. The summed E-state index contributed by atoms with van der Waals surface area (Å²) < 4.78 is 1.14. The van der Waals surface area contributed by atoms with Crippen molar-refractivity contribution in [2.45, 2.75) is 0 Å². The average Bonchev–Trinajstić information content (AvgIpc) is 1.37. The molecular formula is CH4OSTe. The van der Waals surface area contributed by atoms with Gasteiger partial charge in [-0.05, 0) is 0 Å². The monoisotopic (exact) mass is 194 g/mol. The van der Waals surface area contributed by atoms with Gasteiger partial charge in [0, 0.05) is 0 Å². The second-order valence-electron chi connectivity index (χ2n) is 0.231. The Morgan fingerprint density at radius 3 is 2.25 bits per heavy atom. The molecule has 4 heavy (non-hydrogen) atoms. The summed E-state index contributed by atoms with van der Waals surface area (Å²) >= 11 is -0.522. The molecule has 0 aliphatic heterocycles. The molecule has 0 saturated carbocycles. The maximum absolute atomic E-state index is 7.74. The van der Waals surface area contributed by atoms with Crippen molar-refractivity contribution in [3.8, 4) is 0 Å². The van der Waals surface area contributed by atoms with Crippen LogP contribution in [-0.2, 0) is 0 Å². The first kappa shape index (κ1) is 4.97. The number of rotatable bonds is 0. The van der Waals surface area contributed by atoms with Gasteiger partial charge in [0.25, 0.3) is 0 Å². The standard InChI is InChI=1S/CH4OSTe/c2-1-4-3/h1-4H. The van der Waals surface area contributed by atoms with Crippen molar-refractivity contribution in [3.05, 3.63) is 0 Å². The van der Waals surface area contributed by atoms with Crippen molar-refractivity contribution in [1.82, 2.24) is 0 Å². The Hall–Kier alpha value is 0.970. The van der Waals surface area contributed by atoms with Crippen LogP contribution < -0.4 is 0 Å². The number of hydrogen-bond acceptors (Lipinski definition) is 2. The van der Waals surface area contributed by atoms with E-state index in [2.05, 4.69) is 9.86 Å². The molecular weight excluding hydrogens is 188 g/mol. The third-order valence-corrected chi connectivity index (χ3v) is 1.04. The molecule has 1 nitrogen and oxygen atoms in total. The van der Waals surface area contributed by atoms with Crippen LogP contribution in [0.3, 0.4) is 0 Å². The molecule has 0 amide bonds. The van der Waals surface area contributed by atoms with E-state index in [1.807, 2.05) is 0 Å². The van der Waals surface area contributed by atoms with E-state index in [-0.39, 0.29) is 0 Å². The molecule has 0 radical (unpaired) electrons. The van der Waals surface area contributed by atoms with Crippen molar-refractivity contribution in [1.29, 1.82) is 0 Å². The second kappa shape index (κ2) is 3.97. The van der Waals surface area contributed by atoms with E-state index in [9.17, 15) is 0 Å². The average molecular weight is 192 g/mol. The normalized spacial score (nSPS) is 11.5. The summed E-state index contributed by atoms with van der Waals surface area (Å²) in [7, 11) is 3.76. The van der Waals surface area contributed by atoms with E-state index < -0.39 is 19.1 Å². The summed E-state index contributed by atoms with van der Waals surface area (Å²) in [5.74, 6) is 0. The Kier molecular flexibility index (Phi) is 4.93. The molecule has 0 atom stereocenters. The molecule has 0 spiro atoms. The molecule has 0 aliphatic carbocycles. The number of aliphatic hydroxyl groups excluding tert-OH is 1. The van der Waals surface area contributed by atoms with Crippen LogP contribution in [0.15, 0.2) is 0 Å². The summed E-state index contributed by atoms with van der Waals surface area (Å²) in [5.41, 5.74) is 0. The summed E-state index contributed by atoms with van der Waals surface area (Å²) in [6, 6.07) is 0. The fourth-order valence-electron chi connectivity index (χ4n) is 0. The van der Waals surface area contributed by atoms with Gasteiger partial charge < -0.3 is 0 Å². The maximum atomic E-state index is 7.74. The van der Waals surface area contributed by atoms with Crippen LogP contribution in [0, 0.1) is 0 Å². The Labute approximate surface area is 38.5 Å². The first-order chi connectivity index (χ1) is 1.91. The van der Waals surface area contributed by atoms with Gasteiger partial charge in [-0.2, -0.15) is 0 Å². The van der Waals surface area contributed by atoms with E-state index in [0.717, 1.165) is 4.24 Å². The predicted octanol–water partition coefficient (Wildman–Crippen LogP) is -0.600.